The van der Waals surface area contributed by atoms with Crippen molar-refractivity contribution in [2.45, 2.75) is 26.3 Å². The van der Waals surface area contributed by atoms with Crippen LogP contribution in [-0.4, -0.2) is 45.1 Å². The smallest absolute Gasteiger partial charge is 0.247 e. The number of ketones is 2. The van der Waals surface area contributed by atoms with Crippen molar-refractivity contribution >= 4 is 21.6 Å². The first kappa shape index (κ1) is 22.2. The second-order valence-electron chi connectivity index (χ2n) is 8.22. The molecule has 0 aromatic heterocycles. The number of carbonyl (C=O) groups is 2. The van der Waals surface area contributed by atoms with E-state index in [0.29, 0.717) is 30.3 Å². The molecular weight excluding hydrogens is 428 g/mol. The Morgan fingerprint density at radius 3 is 2.16 bits per heavy atom. The molecule has 8 heteroatoms. The maximum absolute atomic E-state index is 13.4. The van der Waals surface area contributed by atoms with Crippen LogP contribution in [0, 0.1) is 5.92 Å². The molecular formula is C24H26N2O5S. The summed E-state index contributed by atoms with van der Waals surface area (Å²) in [6.45, 7) is 3.19. The topological polar surface area (TPSA) is 92.8 Å². The van der Waals surface area contributed by atoms with Gasteiger partial charge in [-0.2, -0.15) is 0 Å². The van der Waals surface area contributed by atoms with Gasteiger partial charge in [0.25, 0.3) is 0 Å². The second kappa shape index (κ2) is 8.88. The highest BCUT2D eigenvalue weighted by Crippen LogP contribution is 2.33. The lowest BCUT2D eigenvalue weighted by atomic mass is 9.90. The van der Waals surface area contributed by atoms with Gasteiger partial charge in [0.05, 0.1) is 7.11 Å². The van der Waals surface area contributed by atoms with E-state index in [1.165, 1.54) is 6.07 Å². The van der Waals surface area contributed by atoms with Gasteiger partial charge in [-0.15, -0.1) is 0 Å². The summed E-state index contributed by atoms with van der Waals surface area (Å²) in [5, 5.41) is 0. The number of Topliss-reactive ketones (excluding diaryl/α,β-unsaturated/α-hetero) is 2. The number of benzene rings is 2. The lowest BCUT2D eigenvalue weighted by molar-refractivity contribution is 0.0932. The largest absolute Gasteiger partial charge is 0.497 e. The van der Waals surface area contributed by atoms with Crippen LogP contribution < -0.4 is 9.46 Å². The maximum atomic E-state index is 13.4. The second-order valence-corrected chi connectivity index (χ2v) is 9.93. The molecule has 2 aromatic rings. The Morgan fingerprint density at radius 1 is 0.969 bits per heavy atom. The van der Waals surface area contributed by atoms with Gasteiger partial charge >= 0.3 is 0 Å². The Kier molecular flexibility index (Phi) is 6.17. The summed E-state index contributed by atoms with van der Waals surface area (Å²) in [5.74, 6) is 0.0861. The van der Waals surface area contributed by atoms with Crippen LogP contribution in [0.15, 0.2) is 59.1 Å². The molecule has 1 saturated heterocycles. The quantitative estimate of drug-likeness (QED) is 0.721. The molecule has 0 bridgehead atoms. The summed E-state index contributed by atoms with van der Waals surface area (Å²) in [4.78, 5) is 28.0. The van der Waals surface area contributed by atoms with Crippen molar-refractivity contribution in [1.82, 2.24) is 9.62 Å². The van der Waals surface area contributed by atoms with Crippen molar-refractivity contribution in [1.29, 1.82) is 0 Å². The van der Waals surface area contributed by atoms with E-state index in [1.54, 1.807) is 54.5 Å². The molecule has 0 spiro atoms. The number of nitrogens with zero attached hydrogens (tertiary/aromatic N) is 1. The number of rotatable bonds is 6. The van der Waals surface area contributed by atoms with Crippen molar-refractivity contribution in [3.05, 3.63) is 75.8 Å². The minimum atomic E-state index is -4.25. The molecule has 0 atom stereocenters. The summed E-state index contributed by atoms with van der Waals surface area (Å²) in [7, 11) is -2.70. The fourth-order valence-electron chi connectivity index (χ4n) is 4.10. The van der Waals surface area contributed by atoms with Crippen LogP contribution in [0.1, 0.15) is 46.0 Å². The number of allylic oxidation sites excluding steroid dienone is 2. The molecule has 0 amide bonds. The van der Waals surface area contributed by atoms with Crippen LogP contribution in [0.5, 0.6) is 5.75 Å². The fraction of sp³-hybridized carbons (Fsp3) is 0.333. The number of hydrogen-bond acceptors (Lipinski definition) is 6. The van der Waals surface area contributed by atoms with Crippen molar-refractivity contribution in [2.24, 2.45) is 5.92 Å². The predicted octanol–water partition coefficient (Wildman–Crippen LogP) is 3.14. The molecule has 168 valence electrons. The molecule has 0 saturated carbocycles. The molecule has 32 heavy (non-hydrogen) atoms. The Bertz CT molecular complexity index is 1180. The lowest BCUT2D eigenvalue weighted by Gasteiger charge is -2.35. The Labute approximate surface area is 188 Å². The molecule has 7 nitrogen and oxygen atoms in total. The monoisotopic (exact) mass is 454 g/mol. The number of likely N-dealkylation sites (tertiary alicyclic amines) is 1. The molecule has 1 N–H and O–H groups in total. The standard InChI is InChI=1S/C24H26N2O5S/c1-16-11-13-26(14-12-16)21-22(27)19-5-3-4-6-20(19)23(28)24(21)32(29,30)25-15-17-7-9-18(31-2)10-8-17/h3-10,16,25H,11-15H2,1-2H3. The lowest BCUT2D eigenvalue weighted by Crippen LogP contribution is -2.42. The zero-order valence-electron chi connectivity index (χ0n) is 18.1. The molecule has 1 fully saturated rings. The minimum absolute atomic E-state index is 0.0107. The Balaban J connectivity index is 1.72. The van der Waals surface area contributed by atoms with Gasteiger partial charge in [0.15, 0.2) is 4.91 Å². The van der Waals surface area contributed by atoms with Crippen LogP contribution in [0.25, 0.3) is 0 Å². The highest BCUT2D eigenvalue weighted by atomic mass is 32.2. The van der Waals surface area contributed by atoms with Crippen molar-refractivity contribution in [3.63, 3.8) is 0 Å². The van der Waals surface area contributed by atoms with E-state index in [-0.39, 0.29) is 23.4 Å². The zero-order chi connectivity index (χ0) is 22.9. The number of nitrogens with one attached hydrogen (secondary N) is 1. The summed E-state index contributed by atoms with van der Waals surface area (Å²) in [6.07, 6.45) is 1.67. The molecule has 2 aromatic carbocycles. The van der Waals surface area contributed by atoms with Gasteiger partial charge < -0.3 is 9.64 Å². The molecule has 1 heterocycles. The molecule has 2 aliphatic rings. The normalized spacial score (nSPS) is 17.5. The van der Waals surface area contributed by atoms with E-state index in [2.05, 4.69) is 11.6 Å². The van der Waals surface area contributed by atoms with Crippen LogP contribution in [-0.2, 0) is 16.6 Å². The Hall–Kier alpha value is -2.97. The van der Waals surface area contributed by atoms with E-state index in [4.69, 9.17) is 4.74 Å². The van der Waals surface area contributed by atoms with Crippen LogP contribution >= 0.6 is 0 Å². The number of hydrogen-bond donors (Lipinski definition) is 1. The zero-order valence-corrected chi connectivity index (χ0v) is 18.9. The average molecular weight is 455 g/mol. The number of methoxy groups -OCH3 is 1. The number of ether oxygens (including phenoxy) is 1. The van der Waals surface area contributed by atoms with Gasteiger partial charge in [-0.1, -0.05) is 43.3 Å². The van der Waals surface area contributed by atoms with Crippen LogP contribution in [0.3, 0.4) is 0 Å². The molecule has 1 aliphatic carbocycles. The number of fused-ring (bicyclic) bond motifs is 1. The molecule has 4 rings (SSSR count). The summed E-state index contributed by atoms with van der Waals surface area (Å²) in [6, 6.07) is 13.3. The van der Waals surface area contributed by atoms with Gasteiger partial charge in [0.2, 0.25) is 21.6 Å². The van der Waals surface area contributed by atoms with Gasteiger partial charge in [-0.05, 0) is 36.5 Å². The van der Waals surface area contributed by atoms with E-state index < -0.39 is 26.5 Å². The molecule has 0 unspecified atom stereocenters. The summed E-state index contributed by atoms with van der Waals surface area (Å²) >= 11 is 0. The third-order valence-electron chi connectivity index (χ3n) is 6.05. The SMILES string of the molecule is COc1ccc(CNS(=O)(=O)C2=C(N3CCC(C)CC3)C(=O)c3ccccc3C2=O)cc1. The third-order valence-corrected chi connectivity index (χ3v) is 7.49. The number of sulfonamides is 1. The van der Waals surface area contributed by atoms with Gasteiger partial charge in [-0.3, -0.25) is 9.59 Å². The third kappa shape index (κ3) is 4.20. The van der Waals surface area contributed by atoms with Crippen molar-refractivity contribution in [2.75, 3.05) is 20.2 Å². The number of carbonyl (C=O) groups excluding carboxylic acids is 2. The first-order chi connectivity index (χ1) is 15.3. The van der Waals surface area contributed by atoms with Gasteiger partial charge in [0, 0.05) is 30.8 Å². The first-order valence-corrected chi connectivity index (χ1v) is 12.1. The minimum Gasteiger partial charge on any atom is -0.497 e. The maximum Gasteiger partial charge on any atom is 0.247 e. The summed E-state index contributed by atoms with van der Waals surface area (Å²) < 4.78 is 34.4. The van der Waals surface area contributed by atoms with Crippen LogP contribution in [0.2, 0.25) is 0 Å². The van der Waals surface area contributed by atoms with Gasteiger partial charge in [0.1, 0.15) is 11.4 Å². The molecule has 0 radical (unpaired) electrons. The van der Waals surface area contributed by atoms with Gasteiger partial charge in [-0.25, -0.2) is 13.1 Å². The van der Waals surface area contributed by atoms with E-state index in [1.807, 2.05) is 0 Å². The van der Waals surface area contributed by atoms with E-state index in [9.17, 15) is 18.0 Å². The predicted molar refractivity (Wildman–Crippen MR) is 121 cm³/mol. The highest BCUT2D eigenvalue weighted by Gasteiger charge is 2.41. The Morgan fingerprint density at radius 2 is 1.56 bits per heavy atom. The first-order valence-electron chi connectivity index (χ1n) is 10.6. The van der Waals surface area contributed by atoms with Crippen molar-refractivity contribution < 1.29 is 22.7 Å². The fourth-order valence-corrected chi connectivity index (χ4v) is 5.43. The number of piperidine rings is 1. The van der Waals surface area contributed by atoms with E-state index >= 15 is 0 Å². The van der Waals surface area contributed by atoms with Crippen LogP contribution in [0.4, 0.5) is 0 Å². The highest BCUT2D eigenvalue weighted by molar-refractivity contribution is 7.94. The average Bonchev–Trinajstić information content (AvgIpc) is 2.81. The van der Waals surface area contributed by atoms with Crippen molar-refractivity contribution in [3.8, 4) is 5.75 Å². The molecule has 1 aliphatic heterocycles. The van der Waals surface area contributed by atoms with E-state index in [0.717, 1.165) is 12.8 Å². The summed E-state index contributed by atoms with van der Waals surface area (Å²) in [5.41, 5.74) is 1.07.